The summed E-state index contributed by atoms with van der Waals surface area (Å²) in [5.74, 6) is 0. The van der Waals surface area contributed by atoms with Gasteiger partial charge in [-0.15, -0.1) is 5.10 Å². The number of hydrogen-bond acceptors (Lipinski definition) is 7. The molecule has 5 heterocycles. The molecule has 5 rings (SSSR count). The molecule has 36 heavy (non-hydrogen) atoms. The van der Waals surface area contributed by atoms with Gasteiger partial charge < -0.3 is 14.1 Å². The van der Waals surface area contributed by atoms with Crippen molar-refractivity contribution in [3.63, 3.8) is 0 Å². The Hall–Kier alpha value is -3.74. The fourth-order valence-corrected chi connectivity index (χ4v) is 4.76. The molecular weight excluding hydrogens is 477 g/mol. The monoisotopic (exact) mass is 502 g/mol. The van der Waals surface area contributed by atoms with Gasteiger partial charge in [-0.1, -0.05) is 5.21 Å². The summed E-state index contributed by atoms with van der Waals surface area (Å²) in [6.45, 7) is 4.99. The van der Waals surface area contributed by atoms with Crippen LogP contribution in [0.3, 0.4) is 0 Å². The maximum atomic E-state index is 13.4. The van der Waals surface area contributed by atoms with Gasteiger partial charge in [-0.05, 0) is 33.3 Å². The fourth-order valence-electron chi connectivity index (χ4n) is 4.76. The lowest BCUT2D eigenvalue weighted by Gasteiger charge is -2.22. The fraction of sp³-hybridized carbons (Fsp3) is 0.435. The number of aromatic nitrogens is 8. The van der Waals surface area contributed by atoms with E-state index in [1.54, 1.807) is 48.1 Å². The van der Waals surface area contributed by atoms with Gasteiger partial charge in [-0.25, -0.2) is 9.67 Å². The van der Waals surface area contributed by atoms with Gasteiger partial charge in [0.2, 0.25) is 0 Å². The van der Waals surface area contributed by atoms with Crippen LogP contribution in [0, 0.1) is 6.92 Å². The van der Waals surface area contributed by atoms with E-state index >= 15 is 0 Å². The molecule has 13 heteroatoms. The van der Waals surface area contributed by atoms with Crippen LogP contribution in [-0.4, -0.2) is 50.6 Å². The zero-order valence-corrected chi connectivity index (χ0v) is 20.4. The topological polar surface area (TPSA) is 113 Å². The first-order valence-corrected chi connectivity index (χ1v) is 11.3. The highest BCUT2D eigenvalue weighted by atomic mass is 19.4. The molecule has 5 aromatic heterocycles. The predicted molar refractivity (Wildman–Crippen MR) is 124 cm³/mol. The molecule has 0 spiro atoms. The maximum absolute atomic E-state index is 13.4. The predicted octanol–water partition coefficient (Wildman–Crippen LogP) is 4.17. The van der Waals surface area contributed by atoms with Crippen LogP contribution in [0.1, 0.15) is 49.8 Å². The molecule has 0 amide bonds. The summed E-state index contributed by atoms with van der Waals surface area (Å²) in [4.78, 5) is 8.90. The molecule has 1 atom stereocenters. The molecule has 0 bridgehead atoms. The number of fused-ring (bicyclic) bond motifs is 3. The Morgan fingerprint density at radius 3 is 2.44 bits per heavy atom. The van der Waals surface area contributed by atoms with Crippen molar-refractivity contribution in [2.75, 3.05) is 0 Å². The van der Waals surface area contributed by atoms with E-state index in [4.69, 9.17) is 9.40 Å². The Kier molecular flexibility index (Phi) is 5.43. The third-order valence-electron chi connectivity index (χ3n) is 6.27. The van der Waals surface area contributed by atoms with Gasteiger partial charge in [0, 0.05) is 32.3 Å². The molecular formula is C23H25F3N8O2. The smallest absolute Gasteiger partial charge is 0.389 e. The van der Waals surface area contributed by atoms with Crippen molar-refractivity contribution in [3.8, 4) is 11.3 Å². The zero-order valence-electron chi connectivity index (χ0n) is 20.4. The number of alkyl halides is 3. The van der Waals surface area contributed by atoms with E-state index in [0.29, 0.717) is 44.7 Å². The molecule has 0 aliphatic carbocycles. The van der Waals surface area contributed by atoms with Gasteiger partial charge in [0.05, 0.1) is 28.5 Å². The van der Waals surface area contributed by atoms with Crippen LogP contribution in [0.2, 0.25) is 0 Å². The Bertz CT molecular complexity index is 1540. The Morgan fingerprint density at radius 1 is 1.11 bits per heavy atom. The molecule has 0 fully saturated rings. The molecule has 0 aromatic carbocycles. The molecule has 0 aliphatic rings. The number of aryl methyl sites for hydroxylation is 3. The second kappa shape index (κ2) is 8.15. The summed E-state index contributed by atoms with van der Waals surface area (Å²) in [7, 11) is 3.47. The Labute approximate surface area is 203 Å². The molecule has 0 radical (unpaired) electrons. The molecule has 0 saturated carbocycles. The van der Waals surface area contributed by atoms with Gasteiger partial charge in [0.1, 0.15) is 34.3 Å². The number of halogens is 3. The minimum absolute atomic E-state index is 0.300. The van der Waals surface area contributed by atoms with Crippen LogP contribution >= 0.6 is 0 Å². The molecule has 5 aromatic rings. The van der Waals surface area contributed by atoms with Crippen molar-refractivity contribution in [2.24, 2.45) is 14.1 Å². The molecule has 1 N–H and O–H groups in total. The number of hydrogen-bond donors (Lipinski definition) is 1. The van der Waals surface area contributed by atoms with Crippen molar-refractivity contribution < 1.29 is 22.7 Å². The maximum Gasteiger partial charge on any atom is 0.389 e. The second-order valence-electron chi connectivity index (χ2n) is 9.42. The highest BCUT2D eigenvalue weighted by Crippen LogP contribution is 2.41. The third kappa shape index (κ3) is 3.92. The van der Waals surface area contributed by atoms with Crippen LogP contribution < -0.4 is 0 Å². The minimum atomic E-state index is -4.38. The second-order valence-corrected chi connectivity index (χ2v) is 9.42. The highest BCUT2D eigenvalue weighted by molar-refractivity contribution is 6.06. The first kappa shape index (κ1) is 24.0. The lowest BCUT2D eigenvalue weighted by molar-refractivity contribution is -0.136. The van der Waals surface area contributed by atoms with Crippen LogP contribution in [0.15, 0.2) is 29.3 Å². The standard InChI is InChI=1S/C23H25F3N8O2/c1-12-18(33(5)31-29-12)13-8-16-17(27-9-13)19-20(21(22(2,3)35)30-32(19)4)34(16)15(6-7-23(24,25)26)14-10-36-11-28-14/h8-11,15,35H,6-7H2,1-5H3. The lowest BCUT2D eigenvalue weighted by atomic mass is 10.0. The van der Waals surface area contributed by atoms with Gasteiger partial charge in [0.25, 0.3) is 0 Å². The van der Waals surface area contributed by atoms with Crippen molar-refractivity contribution in [2.45, 2.75) is 51.4 Å². The molecule has 1 unspecified atom stereocenters. The summed E-state index contributed by atoms with van der Waals surface area (Å²) >= 11 is 0. The average molecular weight is 503 g/mol. The zero-order chi connectivity index (χ0) is 26.0. The Morgan fingerprint density at radius 2 is 1.86 bits per heavy atom. The summed E-state index contributed by atoms with van der Waals surface area (Å²) < 4.78 is 50.3. The van der Waals surface area contributed by atoms with Crippen LogP contribution in [0.5, 0.6) is 0 Å². The van der Waals surface area contributed by atoms with Crippen molar-refractivity contribution >= 4 is 22.1 Å². The molecule has 0 saturated heterocycles. The first-order valence-electron chi connectivity index (χ1n) is 11.3. The normalized spacial score (nSPS) is 13.8. The average Bonchev–Trinajstić information content (AvgIpc) is 3.54. The third-order valence-corrected chi connectivity index (χ3v) is 6.27. The van der Waals surface area contributed by atoms with Gasteiger partial charge in [0.15, 0.2) is 6.39 Å². The van der Waals surface area contributed by atoms with Gasteiger partial charge in [-0.3, -0.25) is 9.67 Å². The van der Waals surface area contributed by atoms with E-state index in [1.807, 2.05) is 13.0 Å². The quantitative estimate of drug-likeness (QED) is 0.371. The van der Waals surface area contributed by atoms with E-state index in [-0.39, 0.29) is 6.42 Å². The van der Waals surface area contributed by atoms with E-state index in [0.717, 1.165) is 5.69 Å². The number of pyridine rings is 1. The van der Waals surface area contributed by atoms with Gasteiger partial charge in [-0.2, -0.15) is 18.3 Å². The highest BCUT2D eigenvalue weighted by Gasteiger charge is 2.35. The van der Waals surface area contributed by atoms with Crippen LogP contribution in [-0.2, 0) is 19.7 Å². The van der Waals surface area contributed by atoms with Crippen molar-refractivity contribution in [3.05, 3.63) is 42.0 Å². The number of nitrogens with zero attached hydrogens (tertiary/aromatic N) is 8. The SMILES string of the molecule is Cc1nnn(C)c1-c1cnc2c3c(c(C(C)(C)O)nn3C)n(C(CCC(F)(F)F)c3cocn3)c2c1. The summed E-state index contributed by atoms with van der Waals surface area (Å²) in [5.41, 5.74) is 3.56. The largest absolute Gasteiger partial charge is 0.451 e. The van der Waals surface area contributed by atoms with Crippen molar-refractivity contribution in [1.29, 1.82) is 0 Å². The van der Waals surface area contributed by atoms with E-state index in [9.17, 15) is 18.3 Å². The van der Waals surface area contributed by atoms with Crippen molar-refractivity contribution in [1.82, 2.24) is 39.3 Å². The van der Waals surface area contributed by atoms with E-state index in [2.05, 4.69) is 20.4 Å². The van der Waals surface area contributed by atoms with Crippen LogP contribution in [0.4, 0.5) is 13.2 Å². The van der Waals surface area contributed by atoms with Gasteiger partial charge >= 0.3 is 6.18 Å². The molecule has 0 aliphatic heterocycles. The first-order chi connectivity index (χ1) is 16.9. The molecule has 190 valence electrons. The number of rotatable bonds is 6. The van der Waals surface area contributed by atoms with Crippen LogP contribution in [0.25, 0.3) is 33.3 Å². The van der Waals surface area contributed by atoms with E-state index < -0.39 is 24.2 Å². The lowest BCUT2D eigenvalue weighted by Crippen LogP contribution is -2.21. The number of aliphatic hydroxyl groups is 1. The summed E-state index contributed by atoms with van der Waals surface area (Å²) in [5, 5.41) is 23.6. The van der Waals surface area contributed by atoms with E-state index in [1.165, 1.54) is 12.7 Å². The Balaban J connectivity index is 1.88. The number of oxazole rings is 1. The summed E-state index contributed by atoms with van der Waals surface area (Å²) in [6, 6.07) is 0.988. The molecule has 10 nitrogen and oxygen atoms in total. The minimum Gasteiger partial charge on any atom is -0.451 e. The summed E-state index contributed by atoms with van der Waals surface area (Å²) in [6.07, 6.45) is -1.51.